The summed E-state index contributed by atoms with van der Waals surface area (Å²) >= 11 is 0. The van der Waals surface area contributed by atoms with Gasteiger partial charge in [-0.2, -0.15) is 0 Å². The molecule has 0 unspecified atom stereocenters. The van der Waals surface area contributed by atoms with E-state index in [-0.39, 0.29) is 12.0 Å². The number of benzene rings is 1. The van der Waals surface area contributed by atoms with E-state index >= 15 is 0 Å². The van der Waals surface area contributed by atoms with Gasteiger partial charge in [0.25, 0.3) is 0 Å². The zero-order valence-electron chi connectivity index (χ0n) is 10.4. The molecule has 0 aliphatic heterocycles. The van der Waals surface area contributed by atoms with Gasteiger partial charge < -0.3 is 10.5 Å². The lowest BCUT2D eigenvalue weighted by atomic mass is 10.0. The summed E-state index contributed by atoms with van der Waals surface area (Å²) in [6, 6.07) is 10.3. The van der Waals surface area contributed by atoms with Crippen LogP contribution < -0.4 is 5.73 Å². The number of esters is 1. The van der Waals surface area contributed by atoms with Crippen LogP contribution in [-0.4, -0.2) is 19.1 Å². The third kappa shape index (κ3) is 6.07. The van der Waals surface area contributed by atoms with E-state index in [4.69, 9.17) is 5.73 Å². The number of carbonyl (C=O) groups is 1. The minimum absolute atomic E-state index is 0.0711. The Morgan fingerprint density at radius 2 is 2.00 bits per heavy atom. The number of hydrogen-bond donors (Lipinski definition) is 1. The molecule has 1 rings (SSSR count). The molecule has 0 aromatic heterocycles. The van der Waals surface area contributed by atoms with Crippen molar-refractivity contribution in [1.82, 2.24) is 0 Å². The highest BCUT2D eigenvalue weighted by Gasteiger charge is 2.08. The molecule has 0 aliphatic rings. The average Bonchev–Trinajstić information content (AvgIpc) is 2.36. The molecule has 17 heavy (non-hydrogen) atoms. The maximum Gasteiger partial charge on any atom is 0.307 e. The number of methoxy groups -OCH3 is 1. The lowest BCUT2D eigenvalue weighted by Crippen LogP contribution is -2.24. The maximum absolute atomic E-state index is 11.0. The van der Waals surface area contributed by atoms with Crippen molar-refractivity contribution in [1.29, 1.82) is 0 Å². The lowest BCUT2D eigenvalue weighted by molar-refractivity contribution is -0.141. The van der Waals surface area contributed by atoms with E-state index in [0.29, 0.717) is 6.42 Å². The molecule has 0 saturated heterocycles. The van der Waals surface area contributed by atoms with Crippen LogP contribution in [0, 0.1) is 0 Å². The van der Waals surface area contributed by atoms with Crippen molar-refractivity contribution in [2.75, 3.05) is 7.11 Å². The highest BCUT2D eigenvalue weighted by Crippen LogP contribution is 2.08. The molecule has 3 heteroatoms. The van der Waals surface area contributed by atoms with Gasteiger partial charge in [0.1, 0.15) is 0 Å². The van der Waals surface area contributed by atoms with Crippen molar-refractivity contribution < 1.29 is 9.53 Å². The first-order chi connectivity index (χ1) is 8.22. The van der Waals surface area contributed by atoms with Crippen LogP contribution in [0.2, 0.25) is 0 Å². The van der Waals surface area contributed by atoms with E-state index in [9.17, 15) is 4.79 Å². The van der Waals surface area contributed by atoms with E-state index in [1.54, 1.807) is 0 Å². The number of carbonyl (C=O) groups excluding carboxylic acids is 1. The second kappa shape index (κ2) is 7.85. The van der Waals surface area contributed by atoms with Gasteiger partial charge in [0.2, 0.25) is 0 Å². The second-order valence-electron chi connectivity index (χ2n) is 4.27. The number of ether oxygens (including phenoxy) is 1. The minimum atomic E-state index is -0.222. The summed E-state index contributed by atoms with van der Waals surface area (Å²) in [6.07, 6.45) is 4.43. The molecule has 0 spiro atoms. The Balaban J connectivity index is 2.10. The Morgan fingerprint density at radius 3 is 2.65 bits per heavy atom. The van der Waals surface area contributed by atoms with Crippen molar-refractivity contribution in [2.45, 2.75) is 38.1 Å². The number of hydrogen-bond acceptors (Lipinski definition) is 3. The van der Waals surface area contributed by atoms with E-state index < -0.39 is 0 Å². The third-order valence-corrected chi connectivity index (χ3v) is 2.79. The summed E-state index contributed by atoms with van der Waals surface area (Å²) in [5.74, 6) is -0.222. The van der Waals surface area contributed by atoms with Crippen molar-refractivity contribution in [3.05, 3.63) is 35.9 Å². The van der Waals surface area contributed by atoms with E-state index in [1.165, 1.54) is 12.7 Å². The predicted octanol–water partition coefficient (Wildman–Crippen LogP) is 2.29. The summed E-state index contributed by atoms with van der Waals surface area (Å²) in [4.78, 5) is 11.0. The predicted molar refractivity (Wildman–Crippen MR) is 68.6 cm³/mol. The molecule has 0 aliphatic carbocycles. The first-order valence-electron chi connectivity index (χ1n) is 6.08. The molecular formula is C14H21NO2. The number of rotatable bonds is 7. The van der Waals surface area contributed by atoms with Gasteiger partial charge in [0.05, 0.1) is 13.5 Å². The Bertz CT molecular complexity index is 324. The molecule has 1 aromatic rings. The number of aryl methyl sites for hydroxylation is 1. The fourth-order valence-electron chi connectivity index (χ4n) is 1.78. The third-order valence-electron chi connectivity index (χ3n) is 2.79. The van der Waals surface area contributed by atoms with Crippen molar-refractivity contribution in [3.63, 3.8) is 0 Å². The molecule has 0 radical (unpaired) electrons. The van der Waals surface area contributed by atoms with Crippen LogP contribution in [0.25, 0.3) is 0 Å². The van der Waals surface area contributed by atoms with E-state index in [2.05, 4.69) is 29.0 Å². The topological polar surface area (TPSA) is 52.3 Å². The minimum Gasteiger partial charge on any atom is -0.469 e. The van der Waals surface area contributed by atoms with Crippen LogP contribution in [0.15, 0.2) is 30.3 Å². The van der Waals surface area contributed by atoms with Crippen LogP contribution in [0.3, 0.4) is 0 Å². The maximum atomic E-state index is 11.0. The van der Waals surface area contributed by atoms with Gasteiger partial charge in [-0.1, -0.05) is 36.8 Å². The average molecular weight is 235 g/mol. The summed E-state index contributed by atoms with van der Waals surface area (Å²) in [6.45, 7) is 0. The molecule has 1 atom stereocenters. The first-order valence-corrected chi connectivity index (χ1v) is 6.08. The van der Waals surface area contributed by atoms with Crippen LogP contribution in [0.1, 0.15) is 31.2 Å². The molecule has 1 aromatic carbocycles. The van der Waals surface area contributed by atoms with Gasteiger partial charge >= 0.3 is 5.97 Å². The molecule has 3 nitrogen and oxygen atoms in total. The lowest BCUT2D eigenvalue weighted by Gasteiger charge is -2.09. The molecule has 0 fully saturated rings. The summed E-state index contributed by atoms with van der Waals surface area (Å²) in [7, 11) is 1.39. The Labute approximate surface area is 103 Å². The van der Waals surface area contributed by atoms with Gasteiger partial charge in [-0.25, -0.2) is 0 Å². The van der Waals surface area contributed by atoms with E-state index in [1.807, 2.05) is 6.07 Å². The summed E-state index contributed by atoms with van der Waals surface area (Å²) < 4.78 is 4.58. The van der Waals surface area contributed by atoms with Crippen molar-refractivity contribution in [3.8, 4) is 0 Å². The standard InChI is InChI=1S/C14H21NO2/c1-17-14(16)11-13(15)10-6-5-9-12-7-3-2-4-8-12/h2-4,7-8,13H,5-6,9-11,15H2,1H3/t13-/m0/s1. The Hall–Kier alpha value is -1.35. The number of unbranched alkanes of at least 4 members (excludes halogenated alkanes) is 1. The molecule has 0 saturated carbocycles. The van der Waals surface area contributed by atoms with Gasteiger partial charge in [0.15, 0.2) is 0 Å². The quantitative estimate of drug-likeness (QED) is 0.582. The van der Waals surface area contributed by atoms with Crippen LogP contribution in [-0.2, 0) is 16.0 Å². The van der Waals surface area contributed by atoms with Gasteiger partial charge in [0, 0.05) is 6.04 Å². The normalized spacial score (nSPS) is 12.1. The molecule has 2 N–H and O–H groups in total. The second-order valence-corrected chi connectivity index (χ2v) is 4.27. The first kappa shape index (κ1) is 13.7. The monoisotopic (exact) mass is 235 g/mol. The molecular weight excluding hydrogens is 214 g/mol. The van der Waals surface area contributed by atoms with Gasteiger partial charge in [-0.3, -0.25) is 4.79 Å². The number of nitrogens with two attached hydrogens (primary N) is 1. The summed E-state index contributed by atoms with van der Waals surface area (Å²) in [5, 5.41) is 0. The highest BCUT2D eigenvalue weighted by molar-refractivity contribution is 5.69. The fourth-order valence-corrected chi connectivity index (χ4v) is 1.78. The zero-order valence-corrected chi connectivity index (χ0v) is 10.4. The van der Waals surface area contributed by atoms with Gasteiger partial charge in [-0.05, 0) is 24.8 Å². The highest BCUT2D eigenvalue weighted by atomic mass is 16.5. The Morgan fingerprint density at radius 1 is 1.29 bits per heavy atom. The molecule has 0 heterocycles. The largest absolute Gasteiger partial charge is 0.469 e. The van der Waals surface area contributed by atoms with E-state index in [0.717, 1.165) is 25.7 Å². The smallest absolute Gasteiger partial charge is 0.307 e. The summed E-state index contributed by atoms with van der Waals surface area (Å²) in [5.41, 5.74) is 7.18. The van der Waals surface area contributed by atoms with Crippen LogP contribution in [0.5, 0.6) is 0 Å². The SMILES string of the molecule is COC(=O)C[C@@H](N)CCCCc1ccccc1. The zero-order chi connectivity index (χ0) is 12.5. The van der Waals surface area contributed by atoms with Gasteiger partial charge in [-0.15, -0.1) is 0 Å². The van der Waals surface area contributed by atoms with Crippen LogP contribution >= 0.6 is 0 Å². The molecule has 0 bridgehead atoms. The fraction of sp³-hybridized carbons (Fsp3) is 0.500. The van der Waals surface area contributed by atoms with Crippen LogP contribution in [0.4, 0.5) is 0 Å². The molecule has 94 valence electrons. The van der Waals surface area contributed by atoms with Crippen molar-refractivity contribution >= 4 is 5.97 Å². The Kier molecular flexibility index (Phi) is 6.33. The van der Waals surface area contributed by atoms with Crippen molar-refractivity contribution in [2.24, 2.45) is 5.73 Å². The molecule has 0 amide bonds.